The summed E-state index contributed by atoms with van der Waals surface area (Å²) >= 11 is 0. The number of hydrogen-bond acceptors (Lipinski definition) is 2. The molecule has 98 valence electrons. The Morgan fingerprint density at radius 3 is 2.56 bits per heavy atom. The third kappa shape index (κ3) is 2.27. The summed E-state index contributed by atoms with van der Waals surface area (Å²) in [5.74, 6) is -1.66. The maximum Gasteiger partial charge on any atom is 0.419 e. The van der Waals surface area contributed by atoms with E-state index in [1.165, 1.54) is 12.1 Å². The van der Waals surface area contributed by atoms with Crippen LogP contribution in [-0.4, -0.2) is 6.67 Å². The summed E-state index contributed by atoms with van der Waals surface area (Å²) in [6.07, 6.45) is -3.03. The average molecular weight is 260 g/mol. The molecule has 0 aliphatic carbocycles. The Morgan fingerprint density at radius 1 is 1.28 bits per heavy atom. The molecule has 18 heavy (non-hydrogen) atoms. The molecule has 0 radical (unpaired) electrons. The number of halogens is 4. The highest BCUT2D eigenvalue weighted by molar-refractivity contribution is 5.35. The molecule has 0 saturated carbocycles. The topological polar surface area (TPSA) is 24.1 Å². The van der Waals surface area contributed by atoms with Crippen LogP contribution in [0.2, 0.25) is 0 Å². The molecule has 1 unspecified atom stereocenters. The molecule has 0 saturated heterocycles. The Balaban J connectivity index is 2.40. The summed E-state index contributed by atoms with van der Waals surface area (Å²) in [7, 11) is 0. The van der Waals surface area contributed by atoms with Crippen LogP contribution >= 0.6 is 0 Å². The molecule has 1 aromatic carbocycles. The monoisotopic (exact) mass is 260 g/mol. The van der Waals surface area contributed by atoms with Gasteiger partial charge in [-0.15, -0.1) is 0 Å². The molecular weight excluding hydrogens is 248 g/mol. The van der Waals surface area contributed by atoms with Gasteiger partial charge in [-0.05, 0) is 11.6 Å². The van der Waals surface area contributed by atoms with Crippen molar-refractivity contribution >= 4 is 0 Å². The van der Waals surface area contributed by atoms with Gasteiger partial charge in [0.25, 0.3) is 0 Å². The van der Waals surface area contributed by atoms with Crippen molar-refractivity contribution in [3.8, 4) is 0 Å². The van der Waals surface area contributed by atoms with Crippen LogP contribution in [0.5, 0.6) is 0 Å². The highest BCUT2D eigenvalue weighted by atomic mass is 19.4. The number of benzene rings is 1. The minimum absolute atomic E-state index is 0.0345. The van der Waals surface area contributed by atoms with Crippen LogP contribution < -0.4 is 10.6 Å². The van der Waals surface area contributed by atoms with Gasteiger partial charge in [0.05, 0.1) is 12.2 Å². The predicted octanol–water partition coefficient (Wildman–Crippen LogP) is 2.94. The van der Waals surface area contributed by atoms with Crippen molar-refractivity contribution in [3.05, 3.63) is 47.0 Å². The molecule has 6 heteroatoms. The summed E-state index contributed by atoms with van der Waals surface area (Å²) in [5.41, 5.74) is -0.515. The van der Waals surface area contributed by atoms with Gasteiger partial charge in [-0.1, -0.05) is 19.1 Å². The summed E-state index contributed by atoms with van der Waals surface area (Å²) in [5, 5.41) is 5.81. The van der Waals surface area contributed by atoms with Crippen LogP contribution in [0.3, 0.4) is 0 Å². The van der Waals surface area contributed by atoms with Gasteiger partial charge in [0, 0.05) is 17.8 Å². The van der Waals surface area contributed by atoms with Crippen molar-refractivity contribution in [1.82, 2.24) is 10.6 Å². The van der Waals surface area contributed by atoms with Crippen molar-refractivity contribution < 1.29 is 17.6 Å². The van der Waals surface area contributed by atoms with E-state index in [0.29, 0.717) is 12.4 Å². The Hall–Kier alpha value is -1.72. The van der Waals surface area contributed by atoms with Gasteiger partial charge >= 0.3 is 6.18 Å². The second-order valence-corrected chi connectivity index (χ2v) is 4.09. The molecule has 0 spiro atoms. The fourth-order valence-corrected chi connectivity index (χ4v) is 1.91. The van der Waals surface area contributed by atoms with E-state index in [-0.39, 0.29) is 5.56 Å². The molecule has 0 aromatic heterocycles. The molecule has 0 bridgehead atoms. The van der Waals surface area contributed by atoms with Crippen LogP contribution in [0.25, 0.3) is 0 Å². The maximum atomic E-state index is 13.9. The fourth-order valence-electron chi connectivity index (χ4n) is 1.91. The van der Waals surface area contributed by atoms with Gasteiger partial charge in [-0.25, -0.2) is 4.39 Å². The number of allylic oxidation sites excluding steroid dienone is 1. The third-order valence-corrected chi connectivity index (χ3v) is 2.92. The lowest BCUT2D eigenvalue weighted by atomic mass is 9.95. The van der Waals surface area contributed by atoms with Crippen LogP contribution in [0.15, 0.2) is 30.1 Å². The lowest BCUT2D eigenvalue weighted by molar-refractivity contribution is -0.140. The highest BCUT2D eigenvalue weighted by Crippen LogP contribution is 2.35. The molecule has 0 amide bonds. The van der Waals surface area contributed by atoms with Gasteiger partial charge in [-0.3, -0.25) is 0 Å². The van der Waals surface area contributed by atoms with E-state index in [0.717, 1.165) is 6.07 Å². The first-order valence-corrected chi connectivity index (χ1v) is 5.44. The third-order valence-electron chi connectivity index (χ3n) is 2.92. The SMILES string of the molecule is CC(C1=CNCN1)c1cccc(C(F)(F)F)c1F. The number of rotatable bonds is 2. The molecule has 1 aliphatic heterocycles. The Kier molecular flexibility index (Phi) is 3.19. The number of nitrogens with one attached hydrogen (secondary N) is 2. The summed E-state index contributed by atoms with van der Waals surface area (Å²) in [6, 6.07) is 3.34. The van der Waals surface area contributed by atoms with Crippen LogP contribution in [0.1, 0.15) is 24.0 Å². The largest absolute Gasteiger partial charge is 0.419 e. The molecule has 2 rings (SSSR count). The van der Waals surface area contributed by atoms with E-state index in [1.807, 2.05) is 0 Å². The van der Waals surface area contributed by atoms with Crippen molar-refractivity contribution in [2.45, 2.75) is 19.0 Å². The van der Waals surface area contributed by atoms with Crippen molar-refractivity contribution in [2.75, 3.05) is 6.67 Å². The first-order valence-electron chi connectivity index (χ1n) is 5.44. The minimum atomic E-state index is -4.67. The summed E-state index contributed by atoms with van der Waals surface area (Å²) in [6.45, 7) is 2.16. The second kappa shape index (κ2) is 4.51. The quantitative estimate of drug-likeness (QED) is 0.799. The Labute approximate surface area is 102 Å². The van der Waals surface area contributed by atoms with Gasteiger partial charge < -0.3 is 10.6 Å². The van der Waals surface area contributed by atoms with E-state index in [1.54, 1.807) is 13.1 Å². The van der Waals surface area contributed by atoms with Gasteiger partial charge in [-0.2, -0.15) is 13.2 Å². The van der Waals surface area contributed by atoms with E-state index in [9.17, 15) is 17.6 Å². The molecule has 1 aliphatic rings. The van der Waals surface area contributed by atoms with Gasteiger partial charge in [0.1, 0.15) is 5.82 Å². The zero-order chi connectivity index (χ0) is 13.3. The van der Waals surface area contributed by atoms with E-state index in [2.05, 4.69) is 10.6 Å². The van der Waals surface area contributed by atoms with Gasteiger partial charge in [0.15, 0.2) is 0 Å². The molecular formula is C12H12F4N2. The minimum Gasteiger partial charge on any atom is -0.372 e. The van der Waals surface area contributed by atoms with Crippen molar-refractivity contribution in [1.29, 1.82) is 0 Å². The normalized spacial score (nSPS) is 16.8. The second-order valence-electron chi connectivity index (χ2n) is 4.09. The molecule has 1 atom stereocenters. The molecule has 2 N–H and O–H groups in total. The van der Waals surface area contributed by atoms with E-state index in [4.69, 9.17) is 0 Å². The van der Waals surface area contributed by atoms with Gasteiger partial charge in [0.2, 0.25) is 0 Å². The number of alkyl halides is 3. The van der Waals surface area contributed by atoms with Crippen LogP contribution in [-0.2, 0) is 6.18 Å². The zero-order valence-corrected chi connectivity index (χ0v) is 9.61. The highest BCUT2D eigenvalue weighted by Gasteiger charge is 2.35. The maximum absolute atomic E-state index is 13.9. The number of hydrogen-bond donors (Lipinski definition) is 2. The Bertz CT molecular complexity index is 479. The lowest BCUT2D eigenvalue weighted by Crippen LogP contribution is -2.18. The predicted molar refractivity (Wildman–Crippen MR) is 59.0 cm³/mol. The standard InChI is InChI=1S/C12H12F4N2/c1-7(10-5-17-6-18-10)8-3-2-4-9(11(8)13)12(14,15)16/h2-5,7,17-18H,6H2,1H3. The smallest absolute Gasteiger partial charge is 0.372 e. The first-order chi connectivity index (χ1) is 8.41. The zero-order valence-electron chi connectivity index (χ0n) is 9.61. The van der Waals surface area contributed by atoms with Crippen LogP contribution in [0.4, 0.5) is 17.6 Å². The fraction of sp³-hybridized carbons (Fsp3) is 0.333. The molecule has 1 aromatic rings. The Morgan fingerprint density at radius 2 is 2.00 bits per heavy atom. The summed E-state index contributed by atoms with van der Waals surface area (Å²) in [4.78, 5) is 0. The van der Waals surface area contributed by atoms with E-state index < -0.39 is 23.5 Å². The first kappa shape index (κ1) is 12.7. The van der Waals surface area contributed by atoms with E-state index >= 15 is 0 Å². The molecule has 2 nitrogen and oxygen atoms in total. The molecule has 1 heterocycles. The van der Waals surface area contributed by atoms with Crippen molar-refractivity contribution in [3.63, 3.8) is 0 Å². The van der Waals surface area contributed by atoms with Crippen LogP contribution in [0, 0.1) is 5.82 Å². The summed E-state index contributed by atoms with van der Waals surface area (Å²) < 4.78 is 51.6. The van der Waals surface area contributed by atoms with Crippen molar-refractivity contribution in [2.24, 2.45) is 0 Å². The lowest BCUT2D eigenvalue weighted by Gasteiger charge is -2.17. The average Bonchev–Trinajstić information content (AvgIpc) is 2.80. The molecule has 0 fully saturated rings.